The van der Waals surface area contributed by atoms with Crippen molar-refractivity contribution in [3.63, 3.8) is 0 Å². The van der Waals surface area contributed by atoms with E-state index in [9.17, 15) is 4.79 Å². The zero-order chi connectivity index (χ0) is 27.1. The molecule has 0 unspecified atom stereocenters. The molecule has 2 nitrogen and oxygen atoms in total. The molecule has 0 bridgehead atoms. The first kappa shape index (κ1) is 28.0. The van der Waals surface area contributed by atoms with Gasteiger partial charge < -0.3 is 4.74 Å². The van der Waals surface area contributed by atoms with E-state index in [1.165, 1.54) is 57.8 Å². The summed E-state index contributed by atoms with van der Waals surface area (Å²) in [6, 6.07) is 9.50. The molecule has 9 atom stereocenters. The van der Waals surface area contributed by atoms with Crippen molar-refractivity contribution in [3.05, 3.63) is 47.5 Å². The SMILES string of the molecule is CC[C@@H](CC[C@@H](C)[C@@H]1CC[C@H]2[C@H]3CC=C4C[C@@H](OC(=O)c5ccccc5)CC[C@]4(C)[C@@H]3CC[C@@]21C)C(C)C. The van der Waals surface area contributed by atoms with E-state index in [1.807, 2.05) is 30.3 Å². The Morgan fingerprint density at radius 2 is 1.74 bits per heavy atom. The van der Waals surface area contributed by atoms with Gasteiger partial charge in [-0.3, -0.25) is 0 Å². The number of benzene rings is 1. The lowest BCUT2D eigenvalue weighted by Gasteiger charge is -2.58. The van der Waals surface area contributed by atoms with Gasteiger partial charge in [-0.05, 0) is 116 Å². The topological polar surface area (TPSA) is 26.3 Å². The van der Waals surface area contributed by atoms with Crippen molar-refractivity contribution >= 4 is 5.97 Å². The smallest absolute Gasteiger partial charge is 0.338 e. The van der Waals surface area contributed by atoms with Crippen molar-refractivity contribution in [1.29, 1.82) is 0 Å². The third kappa shape index (κ3) is 5.03. The molecule has 4 aliphatic carbocycles. The van der Waals surface area contributed by atoms with Crippen molar-refractivity contribution in [1.82, 2.24) is 0 Å². The van der Waals surface area contributed by atoms with E-state index in [1.54, 1.807) is 5.57 Å². The van der Waals surface area contributed by atoms with Crippen LogP contribution in [0.25, 0.3) is 0 Å². The number of rotatable bonds is 8. The molecule has 38 heavy (non-hydrogen) atoms. The number of esters is 1. The minimum absolute atomic E-state index is 0.0296. The van der Waals surface area contributed by atoms with Gasteiger partial charge in [-0.1, -0.05) is 84.2 Å². The van der Waals surface area contributed by atoms with Crippen LogP contribution >= 0.6 is 0 Å². The standard InChI is InChI=1S/C36H54O2/c1-7-26(24(2)3)14-13-25(4)31-17-18-32-30-16-15-28-23-29(38-34(37)27-11-9-8-10-12-27)19-21-35(28,5)33(30)20-22-36(31,32)6/h8-12,15,24-26,29-33H,7,13-14,16-23H2,1-6H3/t25-,26+,29+,30-,31+,32+,33-,35+,36-/m1/s1. The molecule has 0 spiro atoms. The predicted octanol–water partition coefficient (Wildman–Crippen LogP) is 9.89. The van der Waals surface area contributed by atoms with E-state index in [-0.39, 0.29) is 12.1 Å². The molecule has 1 aromatic rings. The lowest BCUT2D eigenvalue weighted by atomic mass is 9.47. The molecule has 5 rings (SSSR count). The number of carbonyl (C=O) groups excluding carboxylic acids is 1. The summed E-state index contributed by atoms with van der Waals surface area (Å²) in [6.07, 6.45) is 16.9. The highest BCUT2D eigenvalue weighted by Crippen LogP contribution is 2.67. The lowest BCUT2D eigenvalue weighted by Crippen LogP contribution is -2.51. The van der Waals surface area contributed by atoms with Crippen LogP contribution < -0.4 is 0 Å². The average Bonchev–Trinajstić information content (AvgIpc) is 3.26. The van der Waals surface area contributed by atoms with Crippen molar-refractivity contribution < 1.29 is 9.53 Å². The Morgan fingerprint density at radius 3 is 2.45 bits per heavy atom. The summed E-state index contributed by atoms with van der Waals surface area (Å²) in [7, 11) is 0. The van der Waals surface area contributed by atoms with Crippen LogP contribution in [0.4, 0.5) is 0 Å². The summed E-state index contributed by atoms with van der Waals surface area (Å²) in [5, 5.41) is 0. The Morgan fingerprint density at radius 1 is 0.974 bits per heavy atom. The fraction of sp³-hybridized carbons (Fsp3) is 0.750. The van der Waals surface area contributed by atoms with Gasteiger partial charge in [0.25, 0.3) is 0 Å². The van der Waals surface area contributed by atoms with E-state index in [0.717, 1.165) is 54.3 Å². The Bertz CT molecular complexity index is 994. The van der Waals surface area contributed by atoms with Crippen LogP contribution in [-0.4, -0.2) is 12.1 Å². The van der Waals surface area contributed by atoms with Crippen LogP contribution in [0.15, 0.2) is 42.0 Å². The summed E-state index contributed by atoms with van der Waals surface area (Å²) in [4.78, 5) is 12.7. The molecule has 0 aliphatic heterocycles. The van der Waals surface area contributed by atoms with Gasteiger partial charge in [-0.15, -0.1) is 0 Å². The maximum atomic E-state index is 12.7. The number of hydrogen-bond acceptors (Lipinski definition) is 2. The molecule has 3 saturated carbocycles. The zero-order valence-corrected chi connectivity index (χ0v) is 25.2. The maximum Gasteiger partial charge on any atom is 0.338 e. The van der Waals surface area contributed by atoms with E-state index >= 15 is 0 Å². The molecule has 3 fully saturated rings. The second-order valence-electron chi connectivity index (χ2n) is 14.6. The summed E-state index contributed by atoms with van der Waals surface area (Å²) >= 11 is 0. The Labute approximate surface area is 233 Å². The molecule has 210 valence electrons. The third-order valence-corrected chi connectivity index (χ3v) is 12.6. The van der Waals surface area contributed by atoms with E-state index in [2.05, 4.69) is 47.6 Å². The number of allylic oxidation sites excluding steroid dienone is 1. The Kier molecular flexibility index (Phi) is 8.19. The van der Waals surface area contributed by atoms with Gasteiger partial charge in [0.05, 0.1) is 5.56 Å². The van der Waals surface area contributed by atoms with E-state index in [0.29, 0.717) is 16.4 Å². The first-order valence-electron chi connectivity index (χ1n) is 16.1. The summed E-state index contributed by atoms with van der Waals surface area (Å²) < 4.78 is 6.02. The van der Waals surface area contributed by atoms with Crippen molar-refractivity contribution in [2.45, 2.75) is 118 Å². The molecule has 0 radical (unpaired) electrons. The predicted molar refractivity (Wildman–Crippen MR) is 158 cm³/mol. The van der Waals surface area contributed by atoms with Crippen LogP contribution in [0.3, 0.4) is 0 Å². The molecule has 2 heteroatoms. The fourth-order valence-electron chi connectivity index (χ4n) is 10.2. The van der Waals surface area contributed by atoms with Gasteiger partial charge in [-0.25, -0.2) is 4.79 Å². The summed E-state index contributed by atoms with van der Waals surface area (Å²) in [5.41, 5.74) is 3.10. The first-order chi connectivity index (χ1) is 18.2. The van der Waals surface area contributed by atoms with Gasteiger partial charge in [0, 0.05) is 6.42 Å². The summed E-state index contributed by atoms with van der Waals surface area (Å²) in [5.74, 6) is 5.86. The molecule has 0 aromatic heterocycles. The zero-order valence-electron chi connectivity index (χ0n) is 25.2. The fourth-order valence-corrected chi connectivity index (χ4v) is 10.2. The quantitative estimate of drug-likeness (QED) is 0.253. The van der Waals surface area contributed by atoms with Crippen LogP contribution in [0.5, 0.6) is 0 Å². The monoisotopic (exact) mass is 518 g/mol. The maximum absolute atomic E-state index is 12.7. The molecule has 1 aromatic carbocycles. The average molecular weight is 519 g/mol. The molecular weight excluding hydrogens is 464 g/mol. The first-order valence-corrected chi connectivity index (χ1v) is 16.1. The number of hydrogen-bond donors (Lipinski definition) is 0. The van der Waals surface area contributed by atoms with Crippen LogP contribution in [0, 0.1) is 52.3 Å². The van der Waals surface area contributed by atoms with Crippen molar-refractivity contribution in [3.8, 4) is 0 Å². The Hall–Kier alpha value is -1.57. The highest BCUT2D eigenvalue weighted by Gasteiger charge is 2.59. The number of fused-ring (bicyclic) bond motifs is 5. The van der Waals surface area contributed by atoms with Gasteiger partial charge >= 0.3 is 5.97 Å². The molecule has 0 heterocycles. The van der Waals surface area contributed by atoms with Crippen LogP contribution in [-0.2, 0) is 4.74 Å². The largest absolute Gasteiger partial charge is 0.458 e. The van der Waals surface area contributed by atoms with E-state index < -0.39 is 0 Å². The number of ether oxygens (including phenoxy) is 1. The minimum Gasteiger partial charge on any atom is -0.458 e. The van der Waals surface area contributed by atoms with Crippen molar-refractivity contribution in [2.24, 2.45) is 52.3 Å². The second kappa shape index (κ2) is 11.1. The second-order valence-corrected chi connectivity index (χ2v) is 14.6. The molecule has 4 aliphatic rings. The van der Waals surface area contributed by atoms with Gasteiger partial charge in [0.15, 0.2) is 0 Å². The van der Waals surface area contributed by atoms with Crippen LogP contribution in [0.1, 0.15) is 123 Å². The van der Waals surface area contributed by atoms with Gasteiger partial charge in [0.1, 0.15) is 6.10 Å². The highest BCUT2D eigenvalue weighted by molar-refractivity contribution is 5.89. The summed E-state index contributed by atoms with van der Waals surface area (Å²) in [6.45, 7) is 15.1. The van der Waals surface area contributed by atoms with Crippen molar-refractivity contribution in [2.75, 3.05) is 0 Å². The van der Waals surface area contributed by atoms with Gasteiger partial charge in [-0.2, -0.15) is 0 Å². The van der Waals surface area contributed by atoms with Gasteiger partial charge in [0.2, 0.25) is 0 Å². The molecule has 0 saturated heterocycles. The lowest BCUT2D eigenvalue weighted by molar-refractivity contribution is -0.0596. The van der Waals surface area contributed by atoms with Crippen LogP contribution in [0.2, 0.25) is 0 Å². The molecular formula is C36H54O2. The Balaban J connectivity index is 1.25. The third-order valence-electron chi connectivity index (χ3n) is 12.6. The normalized spacial score (nSPS) is 38.0. The highest BCUT2D eigenvalue weighted by atomic mass is 16.5. The molecule has 0 amide bonds. The van der Waals surface area contributed by atoms with E-state index in [4.69, 9.17) is 4.74 Å². The molecule has 0 N–H and O–H groups in total. The number of carbonyl (C=O) groups is 1. The minimum atomic E-state index is -0.160.